The molecule has 2 heterocycles. The summed E-state index contributed by atoms with van der Waals surface area (Å²) in [6.45, 7) is 2.03. The van der Waals surface area contributed by atoms with Gasteiger partial charge in [0.2, 0.25) is 0 Å². The van der Waals surface area contributed by atoms with Gasteiger partial charge in [-0.25, -0.2) is 9.78 Å². The van der Waals surface area contributed by atoms with E-state index < -0.39 is 0 Å². The van der Waals surface area contributed by atoms with Crippen LogP contribution in [-0.4, -0.2) is 34.8 Å². The molecule has 0 bridgehead atoms. The molecule has 2 aromatic carbocycles. The van der Waals surface area contributed by atoms with E-state index in [4.69, 9.17) is 9.47 Å². The van der Waals surface area contributed by atoms with E-state index in [1.807, 2.05) is 47.2 Å². The van der Waals surface area contributed by atoms with Crippen molar-refractivity contribution >= 4 is 6.03 Å². The Bertz CT molecular complexity index is 910. The number of benzene rings is 2. The van der Waals surface area contributed by atoms with Crippen molar-refractivity contribution in [2.45, 2.75) is 19.2 Å². The molecule has 1 aliphatic rings. The summed E-state index contributed by atoms with van der Waals surface area (Å²) in [4.78, 5) is 16.1. The quantitative estimate of drug-likeness (QED) is 0.691. The lowest BCUT2D eigenvalue weighted by molar-refractivity contribution is 0.0918. The average Bonchev–Trinajstić information content (AvgIpc) is 3.24. The number of imidazole rings is 1. The summed E-state index contributed by atoms with van der Waals surface area (Å²) in [5.41, 5.74) is 2.22. The highest BCUT2D eigenvalue weighted by Crippen LogP contribution is 2.30. The van der Waals surface area contributed by atoms with Gasteiger partial charge in [0.05, 0.1) is 12.9 Å². The first-order chi connectivity index (χ1) is 13.8. The van der Waals surface area contributed by atoms with E-state index in [1.54, 1.807) is 12.5 Å². The van der Waals surface area contributed by atoms with Crippen molar-refractivity contribution < 1.29 is 14.3 Å². The molecule has 144 valence electrons. The van der Waals surface area contributed by atoms with Gasteiger partial charge in [0.25, 0.3) is 0 Å². The minimum absolute atomic E-state index is 0.205. The maximum atomic E-state index is 12.1. The van der Waals surface area contributed by atoms with Gasteiger partial charge >= 0.3 is 6.03 Å². The van der Waals surface area contributed by atoms with Gasteiger partial charge in [0.1, 0.15) is 6.61 Å². The molecule has 0 saturated carbocycles. The molecule has 0 unspecified atom stereocenters. The SMILES string of the molecule is O=C(NCc1ccc(Cn2ccnc2)cc1)NC[C@@H]1COc2ccccc2O1. The smallest absolute Gasteiger partial charge is 0.315 e. The number of fused-ring (bicyclic) bond motifs is 1. The summed E-state index contributed by atoms with van der Waals surface area (Å²) < 4.78 is 13.5. The number of nitrogens with one attached hydrogen (secondary N) is 2. The van der Waals surface area contributed by atoms with E-state index in [-0.39, 0.29) is 12.1 Å². The number of para-hydroxylation sites is 2. The van der Waals surface area contributed by atoms with Crippen LogP contribution in [0.5, 0.6) is 11.5 Å². The summed E-state index contributed by atoms with van der Waals surface area (Å²) in [5, 5.41) is 5.69. The first kappa shape index (κ1) is 17.9. The molecule has 1 aliphatic heterocycles. The minimum atomic E-state index is -0.232. The van der Waals surface area contributed by atoms with Crippen molar-refractivity contribution in [2.24, 2.45) is 0 Å². The molecular weight excluding hydrogens is 356 g/mol. The molecule has 2 N–H and O–H groups in total. The number of carbonyl (C=O) groups is 1. The standard InChI is InChI=1S/C21H22N4O3/c26-21(24-12-18-14-27-19-3-1-2-4-20(19)28-18)23-11-16-5-7-17(8-6-16)13-25-10-9-22-15-25/h1-10,15,18H,11-14H2,(H2,23,24,26)/t18-/m1/s1. The van der Waals surface area contributed by atoms with E-state index in [0.29, 0.717) is 25.4 Å². The first-order valence-electron chi connectivity index (χ1n) is 9.20. The van der Waals surface area contributed by atoms with Crippen LogP contribution in [-0.2, 0) is 13.1 Å². The third kappa shape index (κ3) is 4.62. The Morgan fingerprint density at radius 3 is 2.64 bits per heavy atom. The number of amides is 2. The fraction of sp³-hybridized carbons (Fsp3) is 0.238. The Morgan fingerprint density at radius 1 is 1.07 bits per heavy atom. The number of nitrogens with zero attached hydrogens (tertiary/aromatic N) is 2. The van der Waals surface area contributed by atoms with E-state index in [9.17, 15) is 4.79 Å². The van der Waals surface area contributed by atoms with Crippen LogP contribution < -0.4 is 20.1 Å². The van der Waals surface area contributed by atoms with Gasteiger partial charge in [-0.05, 0) is 23.3 Å². The van der Waals surface area contributed by atoms with Gasteiger partial charge in [0, 0.05) is 25.5 Å². The second-order valence-electron chi connectivity index (χ2n) is 6.61. The first-order valence-corrected chi connectivity index (χ1v) is 9.20. The van der Waals surface area contributed by atoms with E-state index in [1.165, 1.54) is 5.56 Å². The lowest BCUT2D eigenvalue weighted by atomic mass is 10.1. The molecule has 1 aromatic heterocycles. The molecule has 0 spiro atoms. The summed E-state index contributed by atoms with van der Waals surface area (Å²) in [5.74, 6) is 1.44. The Balaban J connectivity index is 1.19. The second-order valence-corrected chi connectivity index (χ2v) is 6.61. The van der Waals surface area contributed by atoms with Gasteiger partial charge in [-0.2, -0.15) is 0 Å². The zero-order chi connectivity index (χ0) is 19.2. The molecule has 4 rings (SSSR count). The molecule has 0 saturated heterocycles. The fourth-order valence-corrected chi connectivity index (χ4v) is 2.97. The van der Waals surface area contributed by atoms with Crippen LogP contribution in [0.1, 0.15) is 11.1 Å². The maximum absolute atomic E-state index is 12.1. The van der Waals surface area contributed by atoms with Gasteiger partial charge in [-0.3, -0.25) is 0 Å². The molecule has 2 amide bonds. The van der Waals surface area contributed by atoms with E-state index in [2.05, 4.69) is 27.8 Å². The number of urea groups is 1. The van der Waals surface area contributed by atoms with Crippen LogP contribution >= 0.6 is 0 Å². The molecular formula is C21H22N4O3. The number of ether oxygens (including phenoxy) is 2. The van der Waals surface area contributed by atoms with Crippen molar-refractivity contribution in [1.82, 2.24) is 20.2 Å². The zero-order valence-corrected chi connectivity index (χ0v) is 15.4. The van der Waals surface area contributed by atoms with Crippen LogP contribution in [0.25, 0.3) is 0 Å². The normalized spacial score (nSPS) is 15.1. The predicted octanol–water partition coefficient (Wildman–Crippen LogP) is 2.57. The van der Waals surface area contributed by atoms with Crippen molar-refractivity contribution in [3.8, 4) is 11.5 Å². The molecule has 28 heavy (non-hydrogen) atoms. The van der Waals surface area contributed by atoms with Crippen molar-refractivity contribution in [2.75, 3.05) is 13.2 Å². The molecule has 7 heteroatoms. The Hall–Kier alpha value is -3.48. The Morgan fingerprint density at radius 2 is 1.86 bits per heavy atom. The van der Waals surface area contributed by atoms with Crippen molar-refractivity contribution in [3.05, 3.63) is 78.4 Å². The third-order valence-electron chi connectivity index (χ3n) is 4.46. The second kappa shape index (κ2) is 8.47. The van der Waals surface area contributed by atoms with Crippen LogP contribution in [0, 0.1) is 0 Å². The molecule has 0 fully saturated rings. The number of hydrogen-bond donors (Lipinski definition) is 2. The van der Waals surface area contributed by atoms with Gasteiger partial charge < -0.3 is 24.7 Å². The summed E-state index contributed by atoms with van der Waals surface area (Å²) >= 11 is 0. The van der Waals surface area contributed by atoms with Crippen LogP contribution in [0.15, 0.2) is 67.3 Å². The summed E-state index contributed by atoms with van der Waals surface area (Å²) in [6, 6.07) is 15.4. The molecule has 7 nitrogen and oxygen atoms in total. The van der Waals surface area contributed by atoms with Crippen LogP contribution in [0.2, 0.25) is 0 Å². The predicted molar refractivity (Wildman–Crippen MR) is 104 cm³/mol. The van der Waals surface area contributed by atoms with Crippen LogP contribution in [0.3, 0.4) is 0 Å². The molecule has 0 radical (unpaired) electrons. The fourth-order valence-electron chi connectivity index (χ4n) is 2.97. The topological polar surface area (TPSA) is 77.4 Å². The third-order valence-corrected chi connectivity index (χ3v) is 4.46. The molecule has 3 aromatic rings. The number of rotatable bonds is 6. The lowest BCUT2D eigenvalue weighted by Crippen LogP contribution is -2.44. The van der Waals surface area contributed by atoms with Crippen molar-refractivity contribution in [3.63, 3.8) is 0 Å². The summed E-state index contributed by atoms with van der Waals surface area (Å²) in [7, 11) is 0. The van der Waals surface area contributed by atoms with E-state index >= 15 is 0 Å². The number of hydrogen-bond acceptors (Lipinski definition) is 4. The highest BCUT2D eigenvalue weighted by molar-refractivity contribution is 5.73. The Labute approximate surface area is 163 Å². The van der Waals surface area contributed by atoms with Gasteiger partial charge in [0.15, 0.2) is 17.6 Å². The van der Waals surface area contributed by atoms with Crippen LogP contribution in [0.4, 0.5) is 4.79 Å². The minimum Gasteiger partial charge on any atom is -0.486 e. The maximum Gasteiger partial charge on any atom is 0.315 e. The van der Waals surface area contributed by atoms with Crippen molar-refractivity contribution in [1.29, 1.82) is 0 Å². The average molecular weight is 378 g/mol. The van der Waals surface area contributed by atoms with Gasteiger partial charge in [-0.15, -0.1) is 0 Å². The van der Waals surface area contributed by atoms with E-state index in [0.717, 1.165) is 17.9 Å². The molecule has 1 atom stereocenters. The highest BCUT2D eigenvalue weighted by Gasteiger charge is 2.20. The molecule has 0 aliphatic carbocycles. The number of carbonyl (C=O) groups excluding carboxylic acids is 1. The van der Waals surface area contributed by atoms with Gasteiger partial charge in [-0.1, -0.05) is 36.4 Å². The Kier molecular flexibility index (Phi) is 5.42. The largest absolute Gasteiger partial charge is 0.486 e. The highest BCUT2D eigenvalue weighted by atomic mass is 16.6. The monoisotopic (exact) mass is 378 g/mol. The number of aromatic nitrogens is 2. The lowest BCUT2D eigenvalue weighted by Gasteiger charge is -2.26. The zero-order valence-electron chi connectivity index (χ0n) is 15.4. The summed E-state index contributed by atoms with van der Waals surface area (Å²) in [6.07, 6.45) is 5.28.